The fourth-order valence-electron chi connectivity index (χ4n) is 4.84. The Bertz CT molecular complexity index is 1260. The third-order valence-corrected chi connectivity index (χ3v) is 6.97. The number of aryl methyl sites for hydroxylation is 1. The molecule has 0 spiro atoms. The molecule has 5 nitrogen and oxygen atoms in total. The Morgan fingerprint density at radius 1 is 0.919 bits per heavy atom. The maximum absolute atomic E-state index is 12.6. The summed E-state index contributed by atoms with van der Waals surface area (Å²) in [5.74, 6) is -0.314. The van der Waals surface area contributed by atoms with Crippen molar-refractivity contribution in [3.8, 4) is 0 Å². The van der Waals surface area contributed by atoms with E-state index >= 15 is 0 Å². The molecule has 37 heavy (non-hydrogen) atoms. The van der Waals surface area contributed by atoms with Gasteiger partial charge in [-0.2, -0.15) is 10.2 Å². The van der Waals surface area contributed by atoms with E-state index in [9.17, 15) is 4.79 Å². The van der Waals surface area contributed by atoms with Gasteiger partial charge in [0.25, 0.3) is 0 Å². The Labute approximate surface area is 220 Å². The number of benzene rings is 2. The fraction of sp³-hybridized carbons (Fsp3) is 0.344. The van der Waals surface area contributed by atoms with Crippen molar-refractivity contribution in [3.63, 3.8) is 0 Å². The normalized spacial score (nSPS) is 15.2. The first-order chi connectivity index (χ1) is 18.0. The Morgan fingerprint density at radius 2 is 1.62 bits per heavy atom. The average molecular weight is 496 g/mol. The van der Waals surface area contributed by atoms with Crippen LogP contribution in [0, 0.1) is 0 Å². The van der Waals surface area contributed by atoms with E-state index in [1.807, 2.05) is 30.3 Å². The number of rotatable bonds is 11. The lowest BCUT2D eigenvalue weighted by atomic mass is 9.99. The van der Waals surface area contributed by atoms with Crippen LogP contribution in [0.4, 0.5) is 11.4 Å². The molecule has 0 fully saturated rings. The average Bonchev–Trinajstić information content (AvgIpc) is 3.49. The van der Waals surface area contributed by atoms with Crippen molar-refractivity contribution in [2.75, 3.05) is 25.1 Å². The number of carbonyl (C=O) groups is 1. The van der Waals surface area contributed by atoms with E-state index in [0.717, 1.165) is 54.9 Å². The summed E-state index contributed by atoms with van der Waals surface area (Å²) in [7, 11) is 1.43. The number of azo groups is 1. The predicted octanol–water partition coefficient (Wildman–Crippen LogP) is 8.13. The highest BCUT2D eigenvalue weighted by Crippen LogP contribution is 2.39. The second kappa shape index (κ2) is 12.5. The van der Waals surface area contributed by atoms with Crippen LogP contribution < -0.4 is 4.90 Å². The van der Waals surface area contributed by atoms with Crippen LogP contribution in [0.5, 0.6) is 0 Å². The molecule has 0 aromatic heterocycles. The first kappa shape index (κ1) is 26.3. The molecule has 0 radical (unpaired) electrons. The van der Waals surface area contributed by atoms with Crippen molar-refractivity contribution >= 4 is 22.9 Å². The van der Waals surface area contributed by atoms with Crippen molar-refractivity contribution < 1.29 is 9.53 Å². The molecule has 0 saturated heterocycles. The minimum Gasteiger partial charge on any atom is -0.465 e. The molecule has 0 atom stereocenters. The first-order valence-corrected chi connectivity index (χ1v) is 13.3. The van der Waals surface area contributed by atoms with Crippen LogP contribution in [0.15, 0.2) is 99.4 Å². The molecule has 2 aromatic carbocycles. The molecule has 0 N–H and O–H groups in total. The van der Waals surface area contributed by atoms with E-state index in [1.165, 1.54) is 42.3 Å². The zero-order valence-corrected chi connectivity index (χ0v) is 22.5. The number of carbonyl (C=O) groups excluding carboxylic acids is 1. The minimum absolute atomic E-state index is 0.314. The molecule has 0 saturated carbocycles. The number of methoxy groups -OCH3 is 1. The van der Waals surface area contributed by atoms with Gasteiger partial charge in [0.15, 0.2) is 0 Å². The largest absolute Gasteiger partial charge is 0.465 e. The van der Waals surface area contributed by atoms with Crippen molar-refractivity contribution in [3.05, 3.63) is 100 Å². The van der Waals surface area contributed by atoms with Crippen LogP contribution in [0.25, 0.3) is 5.57 Å². The number of unbranched alkanes of at least 4 members (excludes halogenated alkanes) is 1. The lowest BCUT2D eigenvalue weighted by molar-refractivity contribution is -0.133. The minimum atomic E-state index is -0.314. The molecule has 2 aliphatic carbocycles. The molecule has 2 aromatic rings. The van der Waals surface area contributed by atoms with Crippen molar-refractivity contribution in [1.29, 1.82) is 0 Å². The third-order valence-electron chi connectivity index (χ3n) is 6.97. The fourth-order valence-corrected chi connectivity index (χ4v) is 4.84. The highest BCUT2D eigenvalue weighted by molar-refractivity contribution is 6.17. The van der Waals surface area contributed by atoms with E-state index in [2.05, 4.69) is 72.3 Å². The Morgan fingerprint density at radius 3 is 2.24 bits per heavy atom. The quantitative estimate of drug-likeness (QED) is 0.180. The number of nitrogens with zero attached hydrogens (tertiary/aromatic N) is 3. The summed E-state index contributed by atoms with van der Waals surface area (Å²) in [5, 5.41) is 8.96. The Hall–Kier alpha value is -3.73. The number of hydrogen-bond acceptors (Lipinski definition) is 5. The van der Waals surface area contributed by atoms with Crippen LogP contribution in [0.1, 0.15) is 57.6 Å². The summed E-state index contributed by atoms with van der Waals surface area (Å²) in [6, 6.07) is 16.5. The van der Waals surface area contributed by atoms with Gasteiger partial charge >= 0.3 is 5.97 Å². The lowest BCUT2D eigenvalue weighted by Crippen LogP contribution is -2.21. The molecule has 192 valence electrons. The van der Waals surface area contributed by atoms with Gasteiger partial charge in [-0.3, -0.25) is 0 Å². The summed E-state index contributed by atoms with van der Waals surface area (Å²) < 4.78 is 5.10. The van der Waals surface area contributed by atoms with E-state index in [1.54, 1.807) is 0 Å². The second-order valence-corrected chi connectivity index (χ2v) is 9.50. The lowest BCUT2D eigenvalue weighted by Gasteiger charge is -2.20. The molecule has 0 aliphatic heterocycles. The third kappa shape index (κ3) is 6.53. The van der Waals surface area contributed by atoms with Gasteiger partial charge in [-0.05, 0) is 97.4 Å². The molecule has 0 unspecified atom stereocenters. The van der Waals surface area contributed by atoms with Gasteiger partial charge in [-0.15, -0.1) is 0 Å². The van der Waals surface area contributed by atoms with E-state index in [4.69, 9.17) is 4.74 Å². The van der Waals surface area contributed by atoms with Crippen LogP contribution in [0.2, 0.25) is 0 Å². The smallest absolute Gasteiger partial charge is 0.338 e. The summed E-state index contributed by atoms with van der Waals surface area (Å²) in [4.78, 5) is 14.9. The van der Waals surface area contributed by atoms with Gasteiger partial charge in [0.05, 0.1) is 24.1 Å². The molecule has 4 rings (SSSR count). The second-order valence-electron chi connectivity index (χ2n) is 9.50. The predicted molar refractivity (Wildman–Crippen MR) is 152 cm³/mol. The number of anilines is 1. The number of hydrogen-bond donors (Lipinski definition) is 0. The van der Waals surface area contributed by atoms with E-state index < -0.39 is 0 Å². The van der Waals surface area contributed by atoms with Gasteiger partial charge < -0.3 is 9.64 Å². The maximum Gasteiger partial charge on any atom is 0.338 e. The molecule has 5 heteroatoms. The monoisotopic (exact) mass is 495 g/mol. The van der Waals surface area contributed by atoms with Gasteiger partial charge in [-0.1, -0.05) is 43.7 Å². The summed E-state index contributed by atoms with van der Waals surface area (Å²) in [6.07, 6.45) is 11.2. The molecule has 0 bridgehead atoms. The first-order valence-electron chi connectivity index (χ1n) is 13.3. The van der Waals surface area contributed by atoms with Crippen molar-refractivity contribution in [1.82, 2.24) is 0 Å². The molecule has 0 amide bonds. The van der Waals surface area contributed by atoms with Crippen molar-refractivity contribution in [2.45, 2.75) is 52.9 Å². The number of allylic oxidation sites excluding steroid dienone is 6. The standard InChI is InChI=1S/C32H37N3O2/c1-5-8-9-23-10-12-25(13-11-23)31(32(36)37-4)20-24-18-26-21-29(22-27(26)19-24)34-33-28-14-16-30(17-15-28)35(6-2)7-3/h10-18,20,22H,5-9,19,21H2,1-4H3/b31-20-,34-33+. The van der Waals surface area contributed by atoms with Crippen LogP contribution in [-0.2, 0) is 16.0 Å². The molecular weight excluding hydrogens is 458 g/mol. The Kier molecular flexibility index (Phi) is 8.89. The highest BCUT2D eigenvalue weighted by atomic mass is 16.5. The van der Waals surface area contributed by atoms with Crippen LogP contribution >= 0.6 is 0 Å². The molecular formula is C32H37N3O2. The SMILES string of the molecule is CCCCc1ccc(/C(=C/C2=CC3=C(C=C(/N=N/c4ccc(N(CC)CC)cc4)C3)C2)C(=O)OC)cc1. The summed E-state index contributed by atoms with van der Waals surface area (Å²) in [6.45, 7) is 8.48. The van der Waals surface area contributed by atoms with Gasteiger partial charge in [0.1, 0.15) is 0 Å². The molecule has 0 heterocycles. The van der Waals surface area contributed by atoms with E-state index in [-0.39, 0.29) is 5.97 Å². The maximum atomic E-state index is 12.6. The molecule has 2 aliphatic rings. The van der Waals surface area contributed by atoms with Gasteiger partial charge in [-0.25, -0.2) is 4.79 Å². The van der Waals surface area contributed by atoms with Crippen molar-refractivity contribution in [2.24, 2.45) is 10.2 Å². The Balaban J connectivity index is 1.41. The topological polar surface area (TPSA) is 54.3 Å². The van der Waals surface area contributed by atoms with Gasteiger partial charge in [0, 0.05) is 25.2 Å². The zero-order chi connectivity index (χ0) is 26.2. The van der Waals surface area contributed by atoms with Crippen LogP contribution in [-0.4, -0.2) is 26.2 Å². The number of esters is 1. The highest BCUT2D eigenvalue weighted by Gasteiger charge is 2.22. The summed E-state index contributed by atoms with van der Waals surface area (Å²) >= 11 is 0. The summed E-state index contributed by atoms with van der Waals surface area (Å²) in [5.41, 5.74) is 9.40. The van der Waals surface area contributed by atoms with Crippen LogP contribution in [0.3, 0.4) is 0 Å². The number of ether oxygens (including phenoxy) is 1. The van der Waals surface area contributed by atoms with E-state index in [0.29, 0.717) is 5.57 Å². The zero-order valence-electron chi connectivity index (χ0n) is 22.5. The van der Waals surface area contributed by atoms with Gasteiger partial charge in [0.2, 0.25) is 0 Å².